The molecule has 0 saturated heterocycles. The Labute approximate surface area is 114 Å². The second-order valence-electron chi connectivity index (χ2n) is 5.36. The lowest BCUT2D eigenvalue weighted by Gasteiger charge is -2.21. The normalized spacial score (nSPS) is 12.8. The van der Waals surface area contributed by atoms with Gasteiger partial charge in [0.05, 0.1) is 7.11 Å². The van der Waals surface area contributed by atoms with Crippen LogP contribution in [0.2, 0.25) is 0 Å². The van der Waals surface area contributed by atoms with Crippen LogP contribution in [0.15, 0.2) is 12.1 Å². The molecule has 106 valence electrons. The lowest BCUT2D eigenvalue weighted by molar-refractivity contribution is -0.138. The van der Waals surface area contributed by atoms with Gasteiger partial charge in [0.1, 0.15) is 11.8 Å². The predicted octanol–water partition coefficient (Wildman–Crippen LogP) is 3.03. The van der Waals surface area contributed by atoms with E-state index in [0.717, 1.165) is 16.9 Å². The molecule has 0 fully saturated rings. The lowest BCUT2D eigenvalue weighted by Crippen LogP contribution is -2.21. The van der Waals surface area contributed by atoms with Crippen LogP contribution in [0.3, 0.4) is 0 Å². The Morgan fingerprint density at radius 3 is 1.84 bits per heavy atom. The first kappa shape index (κ1) is 15.5. The van der Waals surface area contributed by atoms with Gasteiger partial charge in [0.2, 0.25) is 0 Å². The minimum atomic E-state index is -1.02. The van der Waals surface area contributed by atoms with E-state index in [9.17, 15) is 4.79 Å². The molecular weight excluding hydrogens is 242 g/mol. The highest BCUT2D eigenvalue weighted by molar-refractivity contribution is 5.75. The van der Waals surface area contributed by atoms with Crippen LogP contribution in [0.1, 0.15) is 62.3 Å². The molecule has 0 bridgehead atoms. The molecule has 1 rings (SSSR count). The zero-order valence-electron chi connectivity index (χ0n) is 12.2. The fourth-order valence-electron chi connectivity index (χ4n) is 2.11. The quantitative estimate of drug-likeness (QED) is 0.858. The summed E-state index contributed by atoms with van der Waals surface area (Å²) in [4.78, 5) is 11.1. The Morgan fingerprint density at radius 1 is 1.16 bits per heavy atom. The van der Waals surface area contributed by atoms with Crippen molar-refractivity contribution < 1.29 is 14.6 Å². The Hall–Kier alpha value is -1.55. The van der Waals surface area contributed by atoms with Crippen molar-refractivity contribution in [3.63, 3.8) is 0 Å². The molecule has 1 aromatic rings. The number of carboxylic acid groups (broad SMARTS) is 1. The van der Waals surface area contributed by atoms with Crippen molar-refractivity contribution in [2.24, 2.45) is 5.73 Å². The summed E-state index contributed by atoms with van der Waals surface area (Å²) in [6, 6.07) is 2.68. The molecule has 0 aromatic heterocycles. The summed E-state index contributed by atoms with van der Waals surface area (Å²) in [5, 5.41) is 9.06. The molecule has 1 unspecified atom stereocenters. The third kappa shape index (κ3) is 3.26. The predicted molar refractivity (Wildman–Crippen MR) is 75.7 cm³/mol. The third-order valence-electron chi connectivity index (χ3n) is 3.24. The summed E-state index contributed by atoms with van der Waals surface area (Å²) in [6.45, 7) is 8.21. The fraction of sp³-hybridized carbons (Fsp3) is 0.533. The highest BCUT2D eigenvalue weighted by atomic mass is 16.5. The molecule has 0 saturated carbocycles. The van der Waals surface area contributed by atoms with Crippen LogP contribution in [0.5, 0.6) is 5.75 Å². The number of methoxy groups -OCH3 is 1. The van der Waals surface area contributed by atoms with Gasteiger partial charge in [-0.3, -0.25) is 4.79 Å². The molecule has 0 aliphatic carbocycles. The van der Waals surface area contributed by atoms with Crippen LogP contribution < -0.4 is 10.5 Å². The minimum Gasteiger partial charge on any atom is -0.496 e. The first-order chi connectivity index (χ1) is 8.79. The summed E-state index contributed by atoms with van der Waals surface area (Å²) in [6.07, 6.45) is 0. The van der Waals surface area contributed by atoms with Crippen molar-refractivity contribution in [3.05, 3.63) is 28.8 Å². The summed E-state index contributed by atoms with van der Waals surface area (Å²) < 4.78 is 5.51. The molecule has 3 N–H and O–H groups in total. The third-order valence-corrected chi connectivity index (χ3v) is 3.24. The van der Waals surface area contributed by atoms with Gasteiger partial charge in [-0.1, -0.05) is 27.7 Å². The van der Waals surface area contributed by atoms with E-state index in [1.807, 2.05) is 12.1 Å². The first-order valence-electron chi connectivity index (χ1n) is 6.49. The highest BCUT2D eigenvalue weighted by Crippen LogP contribution is 2.36. The van der Waals surface area contributed by atoms with Gasteiger partial charge in [0.15, 0.2) is 0 Å². The fourth-order valence-corrected chi connectivity index (χ4v) is 2.11. The maximum absolute atomic E-state index is 11.1. The molecule has 1 atom stereocenters. The molecule has 0 aliphatic heterocycles. The Kier molecular flexibility index (Phi) is 4.95. The number of ether oxygens (including phenoxy) is 1. The van der Waals surface area contributed by atoms with Crippen LogP contribution in [-0.2, 0) is 4.79 Å². The van der Waals surface area contributed by atoms with Crippen LogP contribution in [0.25, 0.3) is 0 Å². The average molecular weight is 265 g/mol. The molecule has 0 spiro atoms. The van der Waals surface area contributed by atoms with Gasteiger partial charge in [0, 0.05) is 0 Å². The number of aliphatic carboxylic acids is 1. The number of rotatable bonds is 5. The van der Waals surface area contributed by atoms with Gasteiger partial charge in [-0.15, -0.1) is 0 Å². The van der Waals surface area contributed by atoms with Gasteiger partial charge in [-0.25, -0.2) is 0 Å². The standard InChI is InChI=1S/C15H23NO3/c1-8(2)11-6-10(13(16)15(17)18)7-12(9(3)4)14(11)19-5/h6-9,13H,16H2,1-5H3,(H,17,18). The van der Waals surface area contributed by atoms with Gasteiger partial charge in [-0.05, 0) is 40.7 Å². The van der Waals surface area contributed by atoms with E-state index in [1.54, 1.807) is 7.11 Å². The topological polar surface area (TPSA) is 72.5 Å². The molecule has 19 heavy (non-hydrogen) atoms. The van der Waals surface area contributed by atoms with Crippen molar-refractivity contribution >= 4 is 5.97 Å². The molecule has 1 aromatic carbocycles. The van der Waals surface area contributed by atoms with Crippen molar-refractivity contribution in [1.82, 2.24) is 0 Å². The van der Waals surface area contributed by atoms with Crippen molar-refractivity contribution in [3.8, 4) is 5.75 Å². The number of hydrogen-bond acceptors (Lipinski definition) is 3. The molecule has 0 heterocycles. The summed E-state index contributed by atoms with van der Waals surface area (Å²) in [5.74, 6) is 0.308. The minimum absolute atomic E-state index is 0.244. The van der Waals surface area contributed by atoms with Gasteiger partial charge in [0.25, 0.3) is 0 Å². The molecule has 0 aliphatic rings. The zero-order valence-corrected chi connectivity index (χ0v) is 12.2. The van der Waals surface area contributed by atoms with Crippen LogP contribution >= 0.6 is 0 Å². The van der Waals surface area contributed by atoms with E-state index < -0.39 is 12.0 Å². The number of nitrogens with two attached hydrogens (primary N) is 1. The summed E-state index contributed by atoms with van der Waals surface area (Å²) in [5.41, 5.74) is 8.35. The van der Waals surface area contributed by atoms with E-state index >= 15 is 0 Å². The van der Waals surface area contributed by atoms with Gasteiger partial charge in [-0.2, -0.15) is 0 Å². The maximum Gasteiger partial charge on any atom is 0.325 e. The monoisotopic (exact) mass is 265 g/mol. The van der Waals surface area contributed by atoms with Crippen LogP contribution in [0, 0.1) is 0 Å². The van der Waals surface area contributed by atoms with Crippen LogP contribution in [0.4, 0.5) is 0 Å². The zero-order chi connectivity index (χ0) is 14.7. The summed E-state index contributed by atoms with van der Waals surface area (Å²) in [7, 11) is 1.64. The number of carbonyl (C=O) groups is 1. The molecule has 4 nitrogen and oxygen atoms in total. The van der Waals surface area contributed by atoms with E-state index in [4.69, 9.17) is 15.6 Å². The largest absolute Gasteiger partial charge is 0.496 e. The Bertz CT molecular complexity index is 437. The average Bonchev–Trinajstić information content (AvgIpc) is 2.35. The summed E-state index contributed by atoms with van der Waals surface area (Å²) >= 11 is 0. The Balaban J connectivity index is 3.49. The van der Waals surface area contributed by atoms with Crippen LogP contribution in [-0.4, -0.2) is 18.2 Å². The second-order valence-corrected chi connectivity index (χ2v) is 5.36. The number of carboxylic acids is 1. The van der Waals surface area contributed by atoms with E-state index in [0.29, 0.717) is 5.56 Å². The molecular formula is C15H23NO3. The van der Waals surface area contributed by atoms with Gasteiger partial charge < -0.3 is 15.6 Å². The number of benzene rings is 1. The van der Waals surface area contributed by atoms with Crippen molar-refractivity contribution in [2.45, 2.75) is 45.6 Å². The van der Waals surface area contributed by atoms with E-state index in [1.165, 1.54) is 0 Å². The molecule has 0 amide bonds. The second kappa shape index (κ2) is 6.06. The maximum atomic E-state index is 11.1. The first-order valence-corrected chi connectivity index (χ1v) is 6.49. The smallest absolute Gasteiger partial charge is 0.325 e. The van der Waals surface area contributed by atoms with E-state index in [-0.39, 0.29) is 11.8 Å². The van der Waals surface area contributed by atoms with E-state index in [2.05, 4.69) is 27.7 Å². The van der Waals surface area contributed by atoms with Gasteiger partial charge >= 0.3 is 5.97 Å². The van der Waals surface area contributed by atoms with Crippen molar-refractivity contribution in [2.75, 3.05) is 7.11 Å². The SMILES string of the molecule is COc1c(C(C)C)cc(C(N)C(=O)O)cc1C(C)C. The Morgan fingerprint density at radius 2 is 1.58 bits per heavy atom. The lowest BCUT2D eigenvalue weighted by atomic mass is 9.89. The molecule has 0 radical (unpaired) electrons. The number of hydrogen-bond donors (Lipinski definition) is 2. The molecule has 4 heteroatoms. The van der Waals surface area contributed by atoms with Crippen molar-refractivity contribution in [1.29, 1.82) is 0 Å². The highest BCUT2D eigenvalue weighted by Gasteiger charge is 2.21.